The molecule has 0 radical (unpaired) electrons. The molecule has 0 aliphatic carbocycles. The Balaban J connectivity index is 1.39. The van der Waals surface area contributed by atoms with Crippen LogP contribution in [0.25, 0.3) is 0 Å². The van der Waals surface area contributed by atoms with Crippen molar-refractivity contribution in [3.63, 3.8) is 0 Å². The van der Waals surface area contributed by atoms with E-state index in [1.807, 2.05) is 6.92 Å². The van der Waals surface area contributed by atoms with Gasteiger partial charge in [-0.1, -0.05) is 37.9 Å². The largest absolute Gasteiger partial charge is 0.490 e. The van der Waals surface area contributed by atoms with E-state index in [0.717, 1.165) is 8.95 Å². The van der Waals surface area contributed by atoms with Crippen molar-refractivity contribution in [1.29, 1.82) is 0 Å². The number of carbonyl (C=O) groups excluding carboxylic acids is 3. The molecule has 2 N–H and O–H groups in total. The third-order valence-corrected chi connectivity index (χ3v) is 6.48. The number of esters is 1. The summed E-state index contributed by atoms with van der Waals surface area (Å²) < 4.78 is 12.9. The fourth-order valence-electron chi connectivity index (χ4n) is 3.48. The molecule has 4 rings (SSSR count). The Morgan fingerprint density at radius 3 is 2.12 bits per heavy atom. The van der Waals surface area contributed by atoms with E-state index < -0.39 is 11.9 Å². The molecule has 0 fully saturated rings. The summed E-state index contributed by atoms with van der Waals surface area (Å²) >= 11 is 6.68. The number of nitrogens with one attached hydrogen (secondary N) is 2. The first kappa shape index (κ1) is 28.7. The second-order valence-electron chi connectivity index (χ2n) is 8.28. The summed E-state index contributed by atoms with van der Waals surface area (Å²) in [5, 5.41) is 6.81. The minimum absolute atomic E-state index is 0.262. The Bertz CT molecular complexity index is 1550. The lowest BCUT2D eigenvalue weighted by atomic mass is 10.1. The summed E-state index contributed by atoms with van der Waals surface area (Å²) in [6.07, 6.45) is 1.44. The molecule has 4 aromatic carbocycles. The molecule has 0 spiro atoms. The first-order valence-electron chi connectivity index (χ1n) is 12.1. The van der Waals surface area contributed by atoms with E-state index in [2.05, 4.69) is 47.7 Å². The molecule has 0 aliphatic rings. The molecule has 0 saturated carbocycles. The Kier molecular flexibility index (Phi) is 9.82. The molecule has 4 aromatic rings. The van der Waals surface area contributed by atoms with Gasteiger partial charge in [0.1, 0.15) is 0 Å². The number of anilines is 1. The maximum Gasteiger partial charge on any atom is 0.343 e. The van der Waals surface area contributed by atoms with E-state index >= 15 is 0 Å². The lowest BCUT2D eigenvalue weighted by Crippen LogP contribution is -2.18. The molecule has 0 saturated heterocycles. The van der Waals surface area contributed by atoms with Crippen molar-refractivity contribution in [2.75, 3.05) is 11.9 Å². The highest BCUT2D eigenvalue weighted by atomic mass is 79.9. The van der Waals surface area contributed by atoms with Gasteiger partial charge >= 0.3 is 5.97 Å². The fraction of sp³-hybridized carbons (Fsp3) is 0.0667. The number of carbonyl (C=O) groups is 3. The summed E-state index contributed by atoms with van der Waals surface area (Å²) in [5.41, 5.74) is 4.76. The van der Waals surface area contributed by atoms with Gasteiger partial charge in [0.25, 0.3) is 11.8 Å². The Hall–Kier alpha value is -4.28. The molecule has 40 heavy (non-hydrogen) atoms. The SMILES string of the molecule is CCOc1cc(C=NNC(=O)c2cccc(NC(=O)c3ccc(Br)cc3)c2)ccc1OC(=O)c1ccc(Br)cc1. The van der Waals surface area contributed by atoms with E-state index in [1.165, 1.54) is 6.21 Å². The number of hydrazone groups is 1. The molecule has 0 aromatic heterocycles. The van der Waals surface area contributed by atoms with Gasteiger partial charge in [0.15, 0.2) is 11.5 Å². The number of nitrogens with zero attached hydrogens (tertiary/aromatic N) is 1. The van der Waals surface area contributed by atoms with Gasteiger partial charge in [-0.15, -0.1) is 0 Å². The fourth-order valence-corrected chi connectivity index (χ4v) is 4.00. The van der Waals surface area contributed by atoms with Crippen molar-refractivity contribution >= 4 is 61.5 Å². The highest BCUT2D eigenvalue weighted by molar-refractivity contribution is 9.10. The van der Waals surface area contributed by atoms with Gasteiger partial charge < -0.3 is 14.8 Å². The van der Waals surface area contributed by atoms with Gasteiger partial charge in [0, 0.05) is 25.8 Å². The van der Waals surface area contributed by atoms with Gasteiger partial charge in [-0.3, -0.25) is 9.59 Å². The average Bonchev–Trinajstić information content (AvgIpc) is 2.95. The van der Waals surface area contributed by atoms with Crippen molar-refractivity contribution < 1.29 is 23.9 Å². The average molecular weight is 665 g/mol. The van der Waals surface area contributed by atoms with Crippen LogP contribution in [0.1, 0.15) is 43.6 Å². The quantitative estimate of drug-likeness (QED) is 0.0882. The van der Waals surface area contributed by atoms with Crippen LogP contribution in [-0.4, -0.2) is 30.6 Å². The van der Waals surface area contributed by atoms with Gasteiger partial charge in [-0.2, -0.15) is 5.10 Å². The number of benzene rings is 4. The van der Waals surface area contributed by atoms with Gasteiger partial charge in [-0.25, -0.2) is 10.2 Å². The maximum atomic E-state index is 12.7. The van der Waals surface area contributed by atoms with E-state index in [4.69, 9.17) is 9.47 Å². The van der Waals surface area contributed by atoms with Crippen LogP contribution in [0.3, 0.4) is 0 Å². The van der Waals surface area contributed by atoms with Crippen LogP contribution >= 0.6 is 31.9 Å². The normalized spacial score (nSPS) is 10.7. The molecule has 0 aliphatic heterocycles. The zero-order valence-corrected chi connectivity index (χ0v) is 24.4. The van der Waals surface area contributed by atoms with Crippen LogP contribution in [0.5, 0.6) is 11.5 Å². The molecule has 2 amide bonds. The minimum atomic E-state index is -0.516. The monoisotopic (exact) mass is 663 g/mol. The Labute approximate surface area is 247 Å². The topological polar surface area (TPSA) is 106 Å². The highest BCUT2D eigenvalue weighted by Gasteiger charge is 2.14. The maximum absolute atomic E-state index is 12.7. The number of hydrogen-bond acceptors (Lipinski definition) is 6. The molecular formula is C30H23Br2N3O5. The van der Waals surface area contributed by atoms with Crippen molar-refractivity contribution in [1.82, 2.24) is 5.43 Å². The predicted molar refractivity (Wildman–Crippen MR) is 160 cm³/mol. The number of amides is 2. The third-order valence-electron chi connectivity index (χ3n) is 5.42. The number of rotatable bonds is 9. The van der Waals surface area contributed by atoms with Crippen molar-refractivity contribution in [3.8, 4) is 11.5 Å². The molecule has 202 valence electrons. The van der Waals surface area contributed by atoms with E-state index in [9.17, 15) is 14.4 Å². The van der Waals surface area contributed by atoms with Crippen molar-refractivity contribution in [3.05, 3.63) is 122 Å². The second-order valence-corrected chi connectivity index (χ2v) is 10.1. The Morgan fingerprint density at radius 2 is 1.45 bits per heavy atom. The van der Waals surface area contributed by atoms with Gasteiger partial charge in [-0.05, 0) is 97.4 Å². The first-order valence-corrected chi connectivity index (χ1v) is 13.7. The van der Waals surface area contributed by atoms with Gasteiger partial charge in [0.05, 0.1) is 18.4 Å². The smallest absolute Gasteiger partial charge is 0.343 e. The van der Waals surface area contributed by atoms with Crippen LogP contribution in [0.4, 0.5) is 5.69 Å². The summed E-state index contributed by atoms with van der Waals surface area (Å²) in [6, 6.07) is 25.2. The third kappa shape index (κ3) is 7.87. The van der Waals surface area contributed by atoms with Crippen LogP contribution in [0.15, 0.2) is 105 Å². The van der Waals surface area contributed by atoms with Crippen LogP contribution in [0, 0.1) is 0 Å². The first-order chi connectivity index (χ1) is 19.3. The van der Waals surface area contributed by atoms with Crippen LogP contribution in [-0.2, 0) is 0 Å². The lowest BCUT2D eigenvalue weighted by molar-refractivity contribution is 0.0728. The van der Waals surface area contributed by atoms with E-state index in [0.29, 0.717) is 40.3 Å². The summed E-state index contributed by atoms with van der Waals surface area (Å²) in [4.78, 5) is 37.7. The minimum Gasteiger partial charge on any atom is -0.490 e. The van der Waals surface area contributed by atoms with Crippen LogP contribution < -0.4 is 20.2 Å². The van der Waals surface area contributed by atoms with Crippen molar-refractivity contribution in [2.45, 2.75) is 6.92 Å². The standard InChI is InChI=1S/C30H23Br2N3O5/c1-2-39-27-16-19(6-15-26(27)40-30(38)21-9-13-24(32)14-10-21)18-33-35-29(37)22-4-3-5-25(17-22)34-28(36)20-7-11-23(31)12-8-20/h3-18H,2H2,1H3,(H,34,36)(H,35,37). The van der Waals surface area contributed by atoms with Crippen LogP contribution in [0.2, 0.25) is 0 Å². The van der Waals surface area contributed by atoms with E-state index in [1.54, 1.807) is 91.0 Å². The van der Waals surface area contributed by atoms with E-state index in [-0.39, 0.29) is 11.7 Å². The van der Waals surface area contributed by atoms with Gasteiger partial charge in [0.2, 0.25) is 0 Å². The highest BCUT2D eigenvalue weighted by Crippen LogP contribution is 2.29. The number of halogens is 2. The number of ether oxygens (including phenoxy) is 2. The summed E-state index contributed by atoms with van der Waals surface area (Å²) in [5.74, 6) is -0.645. The zero-order chi connectivity index (χ0) is 28.5. The molecule has 0 unspecified atom stereocenters. The lowest BCUT2D eigenvalue weighted by Gasteiger charge is -2.11. The summed E-state index contributed by atoms with van der Waals surface area (Å²) in [7, 11) is 0. The molecular weight excluding hydrogens is 642 g/mol. The molecule has 0 heterocycles. The molecule has 0 bridgehead atoms. The molecule has 0 atom stereocenters. The summed E-state index contributed by atoms with van der Waals surface area (Å²) in [6.45, 7) is 2.17. The zero-order valence-electron chi connectivity index (χ0n) is 21.2. The molecule has 8 nitrogen and oxygen atoms in total. The Morgan fingerprint density at radius 1 is 0.775 bits per heavy atom. The molecule has 10 heteroatoms. The predicted octanol–water partition coefficient (Wildman–Crippen LogP) is 6.85. The van der Waals surface area contributed by atoms with Crippen molar-refractivity contribution in [2.24, 2.45) is 5.10 Å². The second kappa shape index (κ2) is 13.7. The number of hydrogen-bond donors (Lipinski definition) is 2.